The Bertz CT molecular complexity index is 214. The van der Waals surface area contributed by atoms with Crippen molar-refractivity contribution >= 4 is 6.72 Å². The van der Waals surface area contributed by atoms with E-state index in [-0.39, 0.29) is 0 Å². The molecule has 0 bridgehead atoms. The third kappa shape index (κ3) is 1.50. The average molecular weight is 150 g/mol. The molecular weight excluding hydrogens is 136 g/mol. The number of aliphatic imine (C=N–C) groups is 1. The van der Waals surface area contributed by atoms with E-state index in [1.54, 1.807) is 0 Å². The largest absolute Gasteiger partial charge is 0.359 e. The molecule has 1 rings (SSSR count). The van der Waals surface area contributed by atoms with E-state index in [9.17, 15) is 0 Å². The summed E-state index contributed by atoms with van der Waals surface area (Å²) in [6.45, 7) is 6.63. The molecule has 1 aliphatic heterocycles. The maximum absolute atomic E-state index is 3.97. The van der Waals surface area contributed by atoms with Crippen LogP contribution in [0.25, 0.3) is 0 Å². The van der Waals surface area contributed by atoms with Crippen molar-refractivity contribution in [1.29, 1.82) is 0 Å². The second-order valence-corrected chi connectivity index (χ2v) is 2.68. The molecule has 1 heterocycles. The van der Waals surface area contributed by atoms with E-state index >= 15 is 0 Å². The molecule has 0 spiro atoms. The highest BCUT2D eigenvalue weighted by atomic mass is 15.2. The molecule has 0 saturated heterocycles. The molecule has 0 saturated carbocycles. The first-order valence-electron chi connectivity index (χ1n) is 3.83. The lowest BCUT2D eigenvalue weighted by molar-refractivity contribution is 0.456. The summed E-state index contributed by atoms with van der Waals surface area (Å²) in [4.78, 5) is 6.10. The highest BCUT2D eigenvalue weighted by Crippen LogP contribution is 2.22. The van der Waals surface area contributed by atoms with Crippen LogP contribution in [0.5, 0.6) is 0 Å². The summed E-state index contributed by atoms with van der Waals surface area (Å²) in [7, 11) is 2.04. The zero-order valence-corrected chi connectivity index (χ0v) is 7.17. The van der Waals surface area contributed by atoms with Crippen LogP contribution in [0, 0.1) is 0 Å². The maximum Gasteiger partial charge on any atom is 0.130 e. The topological polar surface area (TPSA) is 15.6 Å². The van der Waals surface area contributed by atoms with Gasteiger partial charge in [0.2, 0.25) is 0 Å². The molecule has 0 aromatic rings. The molecule has 0 atom stereocenters. The first-order chi connectivity index (χ1) is 5.29. The van der Waals surface area contributed by atoms with Gasteiger partial charge in [0, 0.05) is 13.6 Å². The number of allylic oxidation sites excluding steroid dienone is 2. The van der Waals surface area contributed by atoms with Crippen LogP contribution in [0.3, 0.4) is 0 Å². The molecule has 0 radical (unpaired) electrons. The van der Waals surface area contributed by atoms with E-state index < -0.39 is 0 Å². The van der Waals surface area contributed by atoms with Gasteiger partial charge in [-0.1, -0.05) is 12.2 Å². The first-order valence-corrected chi connectivity index (χ1v) is 3.83. The summed E-state index contributed by atoms with van der Waals surface area (Å²) in [5, 5.41) is 0. The molecule has 2 heteroatoms. The van der Waals surface area contributed by atoms with Crippen molar-refractivity contribution in [3.8, 4) is 0 Å². The first kappa shape index (κ1) is 8.05. The monoisotopic (exact) mass is 150 g/mol. The fourth-order valence-corrected chi connectivity index (χ4v) is 1.33. The molecule has 1 aliphatic rings. The minimum Gasteiger partial charge on any atom is -0.359 e. The van der Waals surface area contributed by atoms with Gasteiger partial charge in [0.05, 0.1) is 0 Å². The predicted molar refractivity (Wildman–Crippen MR) is 48.6 cm³/mol. The van der Waals surface area contributed by atoms with Gasteiger partial charge in [-0.3, -0.25) is 0 Å². The molecule has 0 amide bonds. The van der Waals surface area contributed by atoms with Gasteiger partial charge in [0.1, 0.15) is 5.82 Å². The fourth-order valence-electron chi connectivity index (χ4n) is 1.33. The highest BCUT2D eigenvalue weighted by Gasteiger charge is 2.15. The predicted octanol–water partition coefficient (Wildman–Crippen LogP) is 1.81. The number of hydrogen-bond acceptors (Lipinski definition) is 2. The van der Waals surface area contributed by atoms with Crippen molar-refractivity contribution < 1.29 is 0 Å². The van der Waals surface area contributed by atoms with Gasteiger partial charge in [0.25, 0.3) is 0 Å². The van der Waals surface area contributed by atoms with Crippen LogP contribution < -0.4 is 0 Å². The van der Waals surface area contributed by atoms with E-state index in [0.717, 1.165) is 18.8 Å². The lowest BCUT2D eigenvalue weighted by Gasteiger charge is -2.10. The van der Waals surface area contributed by atoms with E-state index in [0.29, 0.717) is 0 Å². The molecule has 0 aliphatic carbocycles. The molecule has 11 heavy (non-hydrogen) atoms. The van der Waals surface area contributed by atoms with Crippen LogP contribution in [0.1, 0.15) is 13.3 Å². The SMILES string of the molecule is C=NC1=C(/C=C\C)CCN1C. The van der Waals surface area contributed by atoms with Gasteiger partial charge in [-0.2, -0.15) is 0 Å². The third-order valence-corrected chi connectivity index (χ3v) is 1.88. The maximum atomic E-state index is 3.97. The van der Waals surface area contributed by atoms with E-state index in [4.69, 9.17) is 0 Å². The number of hydrogen-bond donors (Lipinski definition) is 0. The van der Waals surface area contributed by atoms with Crippen LogP contribution in [0.2, 0.25) is 0 Å². The van der Waals surface area contributed by atoms with Crippen LogP contribution in [-0.4, -0.2) is 25.2 Å². The summed E-state index contributed by atoms with van der Waals surface area (Å²) in [6, 6.07) is 0. The van der Waals surface area contributed by atoms with Gasteiger partial charge < -0.3 is 4.90 Å². The minimum atomic E-state index is 1.03. The Balaban J connectivity index is 2.88. The van der Waals surface area contributed by atoms with Gasteiger partial charge in [-0.15, -0.1) is 0 Å². The zero-order chi connectivity index (χ0) is 8.27. The van der Waals surface area contributed by atoms with Gasteiger partial charge in [-0.25, -0.2) is 4.99 Å². The van der Waals surface area contributed by atoms with Crippen molar-refractivity contribution in [1.82, 2.24) is 4.90 Å². The van der Waals surface area contributed by atoms with Crippen LogP contribution in [0.4, 0.5) is 0 Å². The Hall–Kier alpha value is -1.05. The Morgan fingerprint density at radius 2 is 2.36 bits per heavy atom. The highest BCUT2D eigenvalue weighted by molar-refractivity contribution is 5.35. The van der Waals surface area contributed by atoms with Crippen molar-refractivity contribution in [3.63, 3.8) is 0 Å². The second-order valence-electron chi connectivity index (χ2n) is 2.68. The smallest absolute Gasteiger partial charge is 0.130 e. The molecule has 2 nitrogen and oxygen atoms in total. The van der Waals surface area contributed by atoms with E-state index in [1.165, 1.54) is 5.57 Å². The molecule has 60 valence electrons. The third-order valence-electron chi connectivity index (χ3n) is 1.88. The lowest BCUT2D eigenvalue weighted by Crippen LogP contribution is -2.11. The summed E-state index contributed by atoms with van der Waals surface area (Å²) >= 11 is 0. The second kappa shape index (κ2) is 3.37. The number of rotatable bonds is 2. The average Bonchev–Trinajstić information content (AvgIpc) is 2.33. The molecular formula is C9H14N2. The Labute approximate surface area is 67.9 Å². The minimum absolute atomic E-state index is 1.03. The Morgan fingerprint density at radius 3 is 2.91 bits per heavy atom. The Morgan fingerprint density at radius 1 is 1.64 bits per heavy atom. The summed E-state index contributed by atoms with van der Waals surface area (Å²) in [6.07, 6.45) is 5.24. The molecule has 0 aromatic carbocycles. The summed E-state index contributed by atoms with van der Waals surface area (Å²) in [5.74, 6) is 1.03. The van der Waals surface area contributed by atoms with Crippen molar-refractivity contribution in [2.75, 3.05) is 13.6 Å². The lowest BCUT2D eigenvalue weighted by atomic mass is 10.2. The normalized spacial score (nSPS) is 18.5. The zero-order valence-electron chi connectivity index (χ0n) is 7.17. The molecule has 0 unspecified atom stereocenters. The van der Waals surface area contributed by atoms with Gasteiger partial charge in [0.15, 0.2) is 0 Å². The summed E-state index contributed by atoms with van der Waals surface area (Å²) < 4.78 is 0. The van der Waals surface area contributed by atoms with Crippen molar-refractivity contribution in [2.45, 2.75) is 13.3 Å². The summed E-state index contributed by atoms with van der Waals surface area (Å²) in [5.41, 5.74) is 1.30. The standard InChI is InChI=1S/C9H14N2/c1-4-5-8-6-7-11(3)9(8)10-2/h4-5H,2,6-7H2,1,3H3/b5-4-. The van der Waals surface area contributed by atoms with E-state index in [2.05, 4.69) is 22.7 Å². The molecule has 0 aromatic heterocycles. The van der Waals surface area contributed by atoms with E-state index in [1.807, 2.05) is 20.0 Å². The quantitative estimate of drug-likeness (QED) is 0.548. The van der Waals surface area contributed by atoms with Crippen LogP contribution >= 0.6 is 0 Å². The van der Waals surface area contributed by atoms with Crippen molar-refractivity contribution in [3.05, 3.63) is 23.5 Å². The van der Waals surface area contributed by atoms with Gasteiger partial charge in [-0.05, 0) is 25.6 Å². The number of nitrogens with zero attached hydrogens (tertiary/aromatic N) is 2. The van der Waals surface area contributed by atoms with Crippen LogP contribution in [0.15, 0.2) is 28.5 Å². The molecule has 0 fully saturated rings. The molecule has 0 N–H and O–H groups in total. The van der Waals surface area contributed by atoms with Crippen molar-refractivity contribution in [2.24, 2.45) is 4.99 Å². The van der Waals surface area contributed by atoms with Gasteiger partial charge >= 0.3 is 0 Å². The fraction of sp³-hybridized carbons (Fsp3) is 0.444. The Kier molecular flexibility index (Phi) is 2.47. The van der Waals surface area contributed by atoms with Crippen LogP contribution in [-0.2, 0) is 0 Å².